The molecule has 0 aromatic heterocycles. The Kier molecular flexibility index (Phi) is 2.75. The molecule has 0 aliphatic carbocycles. The molecule has 1 aromatic carbocycles. The lowest BCUT2D eigenvalue weighted by atomic mass is 9.90. The van der Waals surface area contributed by atoms with E-state index in [2.05, 4.69) is 31.2 Å². The van der Waals surface area contributed by atoms with E-state index < -0.39 is 0 Å². The minimum absolute atomic E-state index is 0.0665. The maximum atomic E-state index is 5.42. The Bertz CT molecular complexity index is 331. The summed E-state index contributed by atoms with van der Waals surface area (Å²) in [6, 6.07) is 8.00. The standard InChI is InChI=1S/C12H15N/c1-5-10-8-6-7-9-11(10)12(2,3)13-4/h1,6-9,13H,2-4H3. The highest BCUT2D eigenvalue weighted by Crippen LogP contribution is 2.22. The normalized spacial score (nSPS) is 10.9. The number of nitrogens with one attached hydrogen (secondary N) is 1. The topological polar surface area (TPSA) is 12.0 Å². The van der Waals surface area contributed by atoms with E-state index in [0.29, 0.717) is 0 Å². The van der Waals surface area contributed by atoms with Crippen molar-refractivity contribution in [1.29, 1.82) is 0 Å². The van der Waals surface area contributed by atoms with Crippen LogP contribution in [-0.2, 0) is 5.54 Å². The van der Waals surface area contributed by atoms with E-state index in [-0.39, 0.29) is 5.54 Å². The average molecular weight is 173 g/mol. The second-order valence-corrected chi connectivity index (χ2v) is 3.56. The van der Waals surface area contributed by atoms with Gasteiger partial charge in [-0.2, -0.15) is 0 Å². The summed E-state index contributed by atoms with van der Waals surface area (Å²) < 4.78 is 0. The molecule has 0 bridgehead atoms. The Labute approximate surface area is 80.2 Å². The van der Waals surface area contributed by atoms with E-state index in [1.165, 1.54) is 5.56 Å². The SMILES string of the molecule is C#Cc1ccccc1C(C)(C)NC. The Morgan fingerprint density at radius 1 is 1.31 bits per heavy atom. The van der Waals surface area contributed by atoms with Gasteiger partial charge in [-0.15, -0.1) is 6.42 Å². The fourth-order valence-electron chi connectivity index (χ4n) is 1.29. The van der Waals surface area contributed by atoms with Gasteiger partial charge in [0.05, 0.1) is 0 Å². The predicted molar refractivity (Wildman–Crippen MR) is 56.5 cm³/mol. The maximum Gasteiger partial charge on any atom is 0.0387 e. The number of terminal acetylenes is 1. The van der Waals surface area contributed by atoms with Gasteiger partial charge in [-0.3, -0.25) is 0 Å². The van der Waals surface area contributed by atoms with Gasteiger partial charge >= 0.3 is 0 Å². The lowest BCUT2D eigenvalue weighted by Gasteiger charge is -2.25. The van der Waals surface area contributed by atoms with Crippen molar-refractivity contribution in [2.24, 2.45) is 0 Å². The number of hydrogen-bond acceptors (Lipinski definition) is 1. The first-order valence-corrected chi connectivity index (χ1v) is 4.37. The van der Waals surface area contributed by atoms with Crippen LogP contribution in [0, 0.1) is 12.3 Å². The van der Waals surface area contributed by atoms with Crippen LogP contribution in [0.5, 0.6) is 0 Å². The Balaban J connectivity index is 3.22. The van der Waals surface area contributed by atoms with Gasteiger partial charge < -0.3 is 5.32 Å². The van der Waals surface area contributed by atoms with Gasteiger partial charge in [0.25, 0.3) is 0 Å². The van der Waals surface area contributed by atoms with Crippen LogP contribution in [0.1, 0.15) is 25.0 Å². The van der Waals surface area contributed by atoms with Gasteiger partial charge in [0.1, 0.15) is 0 Å². The van der Waals surface area contributed by atoms with Gasteiger partial charge in [-0.1, -0.05) is 24.1 Å². The molecule has 1 N–H and O–H groups in total. The fraction of sp³-hybridized carbons (Fsp3) is 0.333. The second-order valence-electron chi connectivity index (χ2n) is 3.56. The summed E-state index contributed by atoms with van der Waals surface area (Å²) in [5.74, 6) is 2.70. The van der Waals surface area contributed by atoms with E-state index in [4.69, 9.17) is 6.42 Å². The molecule has 0 amide bonds. The van der Waals surface area contributed by atoms with Crippen LogP contribution in [0.3, 0.4) is 0 Å². The van der Waals surface area contributed by atoms with Gasteiger partial charge in [0, 0.05) is 11.1 Å². The van der Waals surface area contributed by atoms with Crippen LogP contribution >= 0.6 is 0 Å². The molecule has 0 spiro atoms. The van der Waals surface area contributed by atoms with Crippen molar-refractivity contribution in [2.75, 3.05) is 7.05 Å². The van der Waals surface area contributed by atoms with E-state index in [0.717, 1.165) is 5.56 Å². The van der Waals surface area contributed by atoms with Crippen molar-refractivity contribution in [3.63, 3.8) is 0 Å². The molecule has 0 fully saturated rings. The Morgan fingerprint density at radius 3 is 2.46 bits per heavy atom. The van der Waals surface area contributed by atoms with Crippen LogP contribution in [0.25, 0.3) is 0 Å². The van der Waals surface area contributed by atoms with Crippen LogP contribution in [0.15, 0.2) is 24.3 Å². The molecule has 0 aliphatic rings. The van der Waals surface area contributed by atoms with Crippen LogP contribution in [0.4, 0.5) is 0 Å². The second kappa shape index (κ2) is 3.64. The molecule has 0 saturated carbocycles. The quantitative estimate of drug-likeness (QED) is 0.675. The first-order valence-electron chi connectivity index (χ1n) is 4.37. The molecule has 1 aromatic rings. The highest BCUT2D eigenvalue weighted by molar-refractivity contribution is 5.43. The zero-order valence-electron chi connectivity index (χ0n) is 8.39. The molecular formula is C12H15N. The third-order valence-electron chi connectivity index (χ3n) is 2.38. The number of benzene rings is 1. The average Bonchev–Trinajstić information content (AvgIpc) is 2.18. The summed E-state index contributed by atoms with van der Waals surface area (Å²) in [7, 11) is 1.94. The van der Waals surface area contributed by atoms with Crippen LogP contribution in [-0.4, -0.2) is 7.05 Å². The van der Waals surface area contributed by atoms with Crippen LogP contribution < -0.4 is 5.32 Å². The monoisotopic (exact) mass is 173 g/mol. The zero-order valence-corrected chi connectivity index (χ0v) is 8.39. The third-order valence-corrected chi connectivity index (χ3v) is 2.38. The fourth-order valence-corrected chi connectivity index (χ4v) is 1.29. The highest BCUT2D eigenvalue weighted by atomic mass is 14.9. The maximum absolute atomic E-state index is 5.42. The Hall–Kier alpha value is -1.26. The number of rotatable bonds is 2. The van der Waals surface area contributed by atoms with Crippen molar-refractivity contribution < 1.29 is 0 Å². The lowest BCUT2D eigenvalue weighted by molar-refractivity contribution is 0.444. The molecule has 1 rings (SSSR count). The molecule has 13 heavy (non-hydrogen) atoms. The number of hydrogen-bond donors (Lipinski definition) is 1. The van der Waals surface area contributed by atoms with Gasteiger partial charge in [0.2, 0.25) is 0 Å². The van der Waals surface area contributed by atoms with Gasteiger partial charge in [0.15, 0.2) is 0 Å². The smallest absolute Gasteiger partial charge is 0.0387 e. The van der Waals surface area contributed by atoms with Gasteiger partial charge in [-0.25, -0.2) is 0 Å². The van der Waals surface area contributed by atoms with Crippen LogP contribution in [0.2, 0.25) is 0 Å². The first kappa shape index (κ1) is 9.83. The van der Waals surface area contributed by atoms with Crippen molar-refractivity contribution in [1.82, 2.24) is 5.32 Å². The summed E-state index contributed by atoms with van der Waals surface area (Å²) in [4.78, 5) is 0. The van der Waals surface area contributed by atoms with Crippen molar-refractivity contribution in [3.05, 3.63) is 35.4 Å². The van der Waals surface area contributed by atoms with E-state index in [1.54, 1.807) is 0 Å². The molecule has 0 unspecified atom stereocenters. The largest absolute Gasteiger partial charge is 0.311 e. The van der Waals surface area contributed by atoms with Gasteiger partial charge in [-0.05, 0) is 32.5 Å². The van der Waals surface area contributed by atoms with E-state index in [1.807, 2.05) is 25.2 Å². The molecule has 0 radical (unpaired) electrons. The summed E-state index contributed by atoms with van der Waals surface area (Å²) >= 11 is 0. The molecule has 1 heteroatoms. The predicted octanol–water partition coefficient (Wildman–Crippen LogP) is 2.12. The van der Waals surface area contributed by atoms with Crippen molar-refractivity contribution in [3.8, 4) is 12.3 Å². The minimum atomic E-state index is -0.0665. The molecule has 1 nitrogen and oxygen atoms in total. The lowest BCUT2D eigenvalue weighted by Crippen LogP contribution is -2.33. The molecule has 0 heterocycles. The summed E-state index contributed by atoms with van der Waals surface area (Å²) in [5, 5.41) is 3.24. The Morgan fingerprint density at radius 2 is 1.92 bits per heavy atom. The molecular weight excluding hydrogens is 158 g/mol. The van der Waals surface area contributed by atoms with Crippen molar-refractivity contribution in [2.45, 2.75) is 19.4 Å². The third kappa shape index (κ3) is 1.91. The first-order chi connectivity index (χ1) is 6.11. The summed E-state index contributed by atoms with van der Waals surface area (Å²) in [6.45, 7) is 4.23. The molecule has 0 aliphatic heterocycles. The van der Waals surface area contributed by atoms with E-state index >= 15 is 0 Å². The van der Waals surface area contributed by atoms with Crippen molar-refractivity contribution >= 4 is 0 Å². The summed E-state index contributed by atoms with van der Waals surface area (Å²) in [6.07, 6.45) is 5.42. The molecule has 0 atom stereocenters. The summed E-state index contributed by atoms with van der Waals surface area (Å²) in [5.41, 5.74) is 2.06. The molecule has 0 saturated heterocycles. The highest BCUT2D eigenvalue weighted by Gasteiger charge is 2.19. The minimum Gasteiger partial charge on any atom is -0.311 e. The molecule has 68 valence electrons. The van der Waals surface area contributed by atoms with E-state index in [9.17, 15) is 0 Å². The zero-order chi connectivity index (χ0) is 9.90.